The van der Waals surface area contributed by atoms with Gasteiger partial charge in [-0.2, -0.15) is 0 Å². The maximum Gasteiger partial charge on any atom is 0.316 e. The monoisotopic (exact) mass is 409 g/mol. The van der Waals surface area contributed by atoms with E-state index >= 15 is 0 Å². The van der Waals surface area contributed by atoms with Crippen molar-refractivity contribution in [3.63, 3.8) is 0 Å². The number of carbonyl (C=O) groups excluding carboxylic acids is 2. The lowest BCUT2D eigenvalue weighted by atomic mass is 10.2. The summed E-state index contributed by atoms with van der Waals surface area (Å²) in [5.41, 5.74) is 0.783. The number of benzene rings is 1. The molecule has 0 radical (unpaired) electrons. The van der Waals surface area contributed by atoms with E-state index in [9.17, 15) is 9.59 Å². The van der Waals surface area contributed by atoms with Crippen LogP contribution in [-0.2, 0) is 14.3 Å². The van der Waals surface area contributed by atoms with Gasteiger partial charge < -0.3 is 14.2 Å². The van der Waals surface area contributed by atoms with Gasteiger partial charge in [-0.05, 0) is 30.7 Å². The summed E-state index contributed by atoms with van der Waals surface area (Å²) in [4.78, 5) is 23.4. The lowest BCUT2D eigenvalue weighted by Gasteiger charge is -2.07. The van der Waals surface area contributed by atoms with E-state index in [-0.39, 0.29) is 17.6 Å². The largest absolute Gasteiger partial charge is 0.493 e. The number of ether oxygens (including phenoxy) is 3. The maximum atomic E-state index is 12.0. The van der Waals surface area contributed by atoms with Crippen LogP contribution in [0.2, 0.25) is 0 Å². The van der Waals surface area contributed by atoms with Gasteiger partial charge in [0.2, 0.25) is 11.0 Å². The van der Waals surface area contributed by atoms with Crippen molar-refractivity contribution >= 4 is 46.2 Å². The smallest absolute Gasteiger partial charge is 0.316 e. The minimum atomic E-state index is -0.345. The number of hydrogen-bond donors (Lipinski definition) is 1. The van der Waals surface area contributed by atoms with Crippen molar-refractivity contribution < 1.29 is 23.8 Å². The average molecular weight is 409 g/mol. The van der Waals surface area contributed by atoms with Crippen LogP contribution in [0, 0.1) is 0 Å². The molecule has 1 aromatic heterocycles. The molecule has 0 saturated heterocycles. The Labute approximate surface area is 164 Å². The third-order valence-electron chi connectivity index (χ3n) is 3.09. The van der Waals surface area contributed by atoms with Crippen LogP contribution in [0.1, 0.15) is 12.5 Å². The van der Waals surface area contributed by atoms with Crippen LogP contribution in [0.3, 0.4) is 0 Å². The highest BCUT2D eigenvalue weighted by Gasteiger charge is 2.10. The predicted molar refractivity (Wildman–Crippen MR) is 104 cm³/mol. The Bertz CT molecular complexity index is 823. The van der Waals surface area contributed by atoms with E-state index in [4.69, 9.17) is 14.2 Å². The number of esters is 1. The number of thioether (sulfide) groups is 1. The van der Waals surface area contributed by atoms with Crippen molar-refractivity contribution in [3.05, 3.63) is 29.8 Å². The fourth-order valence-corrected chi connectivity index (χ4v) is 3.47. The quantitative estimate of drug-likeness (QED) is 0.292. The first-order chi connectivity index (χ1) is 13.0. The molecule has 2 aromatic rings. The van der Waals surface area contributed by atoms with Crippen LogP contribution >= 0.6 is 23.1 Å². The Kier molecular flexibility index (Phi) is 8.08. The Morgan fingerprint density at radius 2 is 2.00 bits per heavy atom. The third kappa shape index (κ3) is 6.57. The maximum absolute atomic E-state index is 12.0. The van der Waals surface area contributed by atoms with Gasteiger partial charge in [-0.25, -0.2) is 0 Å². The number of nitrogens with one attached hydrogen (secondary N) is 1. The average Bonchev–Trinajstić information content (AvgIpc) is 3.12. The molecule has 0 aliphatic rings. The van der Waals surface area contributed by atoms with Crippen molar-refractivity contribution in [1.29, 1.82) is 0 Å². The second-order valence-electron chi connectivity index (χ2n) is 4.90. The van der Waals surface area contributed by atoms with E-state index in [0.717, 1.165) is 5.56 Å². The number of nitrogens with zero attached hydrogens (tertiary/aromatic N) is 2. The van der Waals surface area contributed by atoms with Gasteiger partial charge >= 0.3 is 5.97 Å². The zero-order valence-electron chi connectivity index (χ0n) is 15.1. The van der Waals surface area contributed by atoms with Gasteiger partial charge in [0, 0.05) is 6.08 Å². The third-order valence-corrected chi connectivity index (χ3v) is 5.04. The Morgan fingerprint density at radius 3 is 2.70 bits per heavy atom. The fourth-order valence-electron chi connectivity index (χ4n) is 1.92. The predicted octanol–water partition coefficient (Wildman–Crippen LogP) is 2.86. The van der Waals surface area contributed by atoms with Crippen LogP contribution in [0.15, 0.2) is 28.6 Å². The highest BCUT2D eigenvalue weighted by Crippen LogP contribution is 2.28. The van der Waals surface area contributed by atoms with Gasteiger partial charge in [0.1, 0.15) is 0 Å². The standard InChI is InChI=1S/C17H19N3O5S2/c1-4-25-15(22)10-26-17-20-19-16(27-17)18-14(21)8-6-11-5-7-12(23-2)13(9-11)24-3/h5-9H,4,10H2,1-3H3,(H,18,19,21)/b8-6+. The summed E-state index contributed by atoms with van der Waals surface area (Å²) in [6, 6.07) is 5.33. The summed E-state index contributed by atoms with van der Waals surface area (Å²) in [5.74, 6) is 0.674. The normalized spacial score (nSPS) is 10.6. The van der Waals surface area contributed by atoms with E-state index in [1.54, 1.807) is 45.4 Å². The number of rotatable bonds is 9. The Balaban J connectivity index is 1.90. The summed E-state index contributed by atoms with van der Waals surface area (Å²) in [5, 5.41) is 10.8. The van der Waals surface area contributed by atoms with Crippen LogP contribution in [-0.4, -0.2) is 48.7 Å². The number of carbonyl (C=O) groups is 2. The summed E-state index contributed by atoms with van der Waals surface area (Å²) in [7, 11) is 3.10. The molecule has 0 aliphatic carbocycles. The molecule has 1 N–H and O–H groups in total. The minimum Gasteiger partial charge on any atom is -0.493 e. The van der Waals surface area contributed by atoms with Crippen molar-refractivity contribution in [1.82, 2.24) is 10.2 Å². The molecule has 0 bridgehead atoms. The number of hydrogen-bond acceptors (Lipinski definition) is 9. The summed E-state index contributed by atoms with van der Waals surface area (Å²) in [6.07, 6.45) is 3.03. The minimum absolute atomic E-state index is 0.148. The van der Waals surface area contributed by atoms with E-state index in [0.29, 0.717) is 27.6 Å². The second kappa shape index (κ2) is 10.5. The molecule has 0 aliphatic heterocycles. The van der Waals surface area contributed by atoms with Crippen LogP contribution in [0.5, 0.6) is 11.5 Å². The summed E-state index contributed by atoms with van der Waals surface area (Å²) < 4.78 is 15.8. The van der Waals surface area contributed by atoms with Gasteiger partial charge in [0.15, 0.2) is 15.8 Å². The second-order valence-corrected chi connectivity index (χ2v) is 7.10. The van der Waals surface area contributed by atoms with Crippen LogP contribution in [0.4, 0.5) is 5.13 Å². The number of anilines is 1. The SMILES string of the molecule is CCOC(=O)CSc1nnc(NC(=O)/C=C/c2ccc(OC)c(OC)c2)s1. The molecule has 8 nitrogen and oxygen atoms in total. The topological polar surface area (TPSA) is 99.6 Å². The lowest BCUT2D eigenvalue weighted by molar-refractivity contribution is -0.139. The van der Waals surface area contributed by atoms with Gasteiger partial charge in [0.25, 0.3) is 0 Å². The number of methoxy groups -OCH3 is 2. The van der Waals surface area contributed by atoms with E-state index in [1.165, 1.54) is 29.2 Å². The zero-order chi connectivity index (χ0) is 19.6. The van der Waals surface area contributed by atoms with Gasteiger partial charge in [-0.3, -0.25) is 14.9 Å². The molecular weight excluding hydrogens is 390 g/mol. The number of amides is 1. The highest BCUT2D eigenvalue weighted by molar-refractivity contribution is 8.01. The first kappa shape index (κ1) is 20.7. The van der Waals surface area contributed by atoms with Crippen molar-refractivity contribution in [3.8, 4) is 11.5 Å². The molecule has 1 heterocycles. The molecule has 27 heavy (non-hydrogen) atoms. The molecule has 0 saturated carbocycles. The summed E-state index contributed by atoms with van der Waals surface area (Å²) in [6.45, 7) is 2.08. The van der Waals surface area contributed by atoms with E-state index in [2.05, 4.69) is 15.5 Å². The Hall–Kier alpha value is -2.59. The Morgan fingerprint density at radius 1 is 1.22 bits per heavy atom. The molecule has 0 unspecified atom stereocenters. The zero-order valence-corrected chi connectivity index (χ0v) is 16.7. The molecular formula is C17H19N3O5S2. The molecule has 1 aromatic carbocycles. The van der Waals surface area contributed by atoms with Crippen molar-refractivity contribution in [2.45, 2.75) is 11.3 Å². The lowest BCUT2D eigenvalue weighted by Crippen LogP contribution is -2.07. The molecule has 1 amide bonds. The molecule has 144 valence electrons. The van der Waals surface area contributed by atoms with Gasteiger partial charge in [-0.15, -0.1) is 10.2 Å². The van der Waals surface area contributed by atoms with Crippen molar-refractivity contribution in [2.75, 3.05) is 31.9 Å². The first-order valence-corrected chi connectivity index (χ1v) is 9.69. The molecule has 0 spiro atoms. The fraction of sp³-hybridized carbons (Fsp3) is 0.294. The highest BCUT2D eigenvalue weighted by atomic mass is 32.2. The van der Waals surface area contributed by atoms with E-state index in [1.807, 2.05) is 0 Å². The van der Waals surface area contributed by atoms with Gasteiger partial charge in [-0.1, -0.05) is 29.2 Å². The first-order valence-electron chi connectivity index (χ1n) is 7.88. The molecule has 10 heteroatoms. The summed E-state index contributed by atoms with van der Waals surface area (Å²) >= 11 is 2.39. The van der Waals surface area contributed by atoms with E-state index < -0.39 is 0 Å². The van der Waals surface area contributed by atoms with Crippen molar-refractivity contribution in [2.24, 2.45) is 0 Å². The molecule has 2 rings (SSSR count). The van der Waals surface area contributed by atoms with Gasteiger partial charge in [0.05, 0.1) is 26.6 Å². The van der Waals surface area contributed by atoms with Crippen LogP contribution < -0.4 is 14.8 Å². The number of aromatic nitrogens is 2. The molecule has 0 fully saturated rings. The molecule has 0 atom stereocenters. The van der Waals surface area contributed by atoms with Crippen LogP contribution in [0.25, 0.3) is 6.08 Å².